The highest BCUT2D eigenvalue weighted by molar-refractivity contribution is 6.16. The molecule has 2 rings (SSSR count). The minimum absolute atomic E-state index is 0.145. The lowest BCUT2D eigenvalue weighted by Crippen LogP contribution is -2.40. The van der Waals surface area contributed by atoms with Crippen LogP contribution in [0.5, 0.6) is 0 Å². The summed E-state index contributed by atoms with van der Waals surface area (Å²) in [6.07, 6.45) is 1.46. The normalized spacial score (nSPS) is 15.2. The number of aliphatic hydroxyl groups is 1. The van der Waals surface area contributed by atoms with Crippen molar-refractivity contribution >= 4 is 17.5 Å². The summed E-state index contributed by atoms with van der Waals surface area (Å²) >= 11 is 0. The number of aliphatic hydroxyl groups excluding tert-OH is 1. The third kappa shape index (κ3) is 2.83. The molecule has 19 heavy (non-hydrogen) atoms. The Hall–Kier alpha value is -2.12. The van der Waals surface area contributed by atoms with Crippen LogP contribution in [0.2, 0.25) is 0 Å². The van der Waals surface area contributed by atoms with Crippen molar-refractivity contribution in [2.24, 2.45) is 0 Å². The van der Waals surface area contributed by atoms with E-state index in [0.29, 0.717) is 24.9 Å². The largest absolute Gasteiger partial charge is 0.384 e. The predicted molar refractivity (Wildman–Crippen MR) is 71.5 cm³/mol. The number of carbonyl (C=O) groups excluding carboxylic acids is 2. The van der Waals surface area contributed by atoms with Gasteiger partial charge in [0.05, 0.1) is 5.69 Å². The van der Waals surface area contributed by atoms with Crippen LogP contribution in [-0.4, -0.2) is 23.5 Å². The SMILES string of the molecule is Cc1cc(C#CCO)ccc1N1C(=O)CCCC1=O. The number of carbonyl (C=O) groups is 2. The van der Waals surface area contributed by atoms with E-state index in [9.17, 15) is 9.59 Å². The molecular formula is C15H15NO3. The molecule has 0 bridgehead atoms. The summed E-state index contributed by atoms with van der Waals surface area (Å²) in [4.78, 5) is 25.0. The van der Waals surface area contributed by atoms with E-state index in [1.807, 2.05) is 13.0 Å². The summed E-state index contributed by atoms with van der Waals surface area (Å²) in [5, 5.41) is 8.65. The number of benzene rings is 1. The van der Waals surface area contributed by atoms with Gasteiger partial charge in [0.15, 0.2) is 0 Å². The molecule has 1 aromatic carbocycles. The highest BCUT2D eigenvalue weighted by atomic mass is 16.2. The summed E-state index contributed by atoms with van der Waals surface area (Å²) < 4.78 is 0. The molecule has 0 aromatic heterocycles. The summed E-state index contributed by atoms with van der Waals surface area (Å²) in [5.74, 6) is 5.08. The Labute approximate surface area is 112 Å². The van der Waals surface area contributed by atoms with Gasteiger partial charge in [-0.1, -0.05) is 11.8 Å². The lowest BCUT2D eigenvalue weighted by atomic mass is 10.0. The highest BCUT2D eigenvalue weighted by Crippen LogP contribution is 2.26. The van der Waals surface area contributed by atoms with Gasteiger partial charge in [0, 0.05) is 18.4 Å². The third-order valence-corrected chi connectivity index (χ3v) is 3.03. The van der Waals surface area contributed by atoms with Gasteiger partial charge in [0.2, 0.25) is 11.8 Å². The number of nitrogens with zero attached hydrogens (tertiary/aromatic N) is 1. The standard InChI is InChI=1S/C15H15NO3/c1-11-10-12(4-3-9-17)7-8-13(11)16-14(18)5-2-6-15(16)19/h7-8,10,17H,2,5-6,9H2,1H3. The van der Waals surface area contributed by atoms with Crippen LogP contribution in [-0.2, 0) is 9.59 Å². The first-order valence-corrected chi connectivity index (χ1v) is 6.19. The average Bonchev–Trinajstić information content (AvgIpc) is 2.38. The van der Waals surface area contributed by atoms with Gasteiger partial charge in [-0.15, -0.1) is 0 Å². The van der Waals surface area contributed by atoms with E-state index in [4.69, 9.17) is 5.11 Å². The maximum Gasteiger partial charge on any atom is 0.233 e. The van der Waals surface area contributed by atoms with Crippen LogP contribution in [0, 0.1) is 18.8 Å². The summed E-state index contributed by atoms with van der Waals surface area (Å²) in [7, 11) is 0. The van der Waals surface area contributed by atoms with Crippen LogP contribution in [0.25, 0.3) is 0 Å². The van der Waals surface area contributed by atoms with Crippen LogP contribution in [0.15, 0.2) is 18.2 Å². The fraction of sp³-hybridized carbons (Fsp3) is 0.333. The molecule has 1 saturated heterocycles. The van der Waals surface area contributed by atoms with E-state index in [1.165, 1.54) is 4.90 Å². The van der Waals surface area contributed by atoms with E-state index >= 15 is 0 Å². The molecule has 0 spiro atoms. The molecule has 1 heterocycles. The zero-order valence-corrected chi connectivity index (χ0v) is 10.8. The quantitative estimate of drug-likeness (QED) is 0.611. The molecule has 0 aliphatic carbocycles. The number of hydrogen-bond donors (Lipinski definition) is 1. The number of hydrogen-bond acceptors (Lipinski definition) is 3. The van der Waals surface area contributed by atoms with Crippen molar-refractivity contribution in [3.05, 3.63) is 29.3 Å². The Bertz CT molecular complexity index is 565. The maximum absolute atomic E-state index is 11.9. The van der Waals surface area contributed by atoms with Gasteiger partial charge in [0.1, 0.15) is 6.61 Å². The van der Waals surface area contributed by atoms with E-state index in [0.717, 1.165) is 11.1 Å². The first-order chi connectivity index (χ1) is 9.13. The number of piperidine rings is 1. The molecule has 2 amide bonds. The van der Waals surface area contributed by atoms with Gasteiger partial charge >= 0.3 is 0 Å². The average molecular weight is 257 g/mol. The summed E-state index contributed by atoms with van der Waals surface area (Å²) in [6.45, 7) is 1.65. The fourth-order valence-electron chi connectivity index (χ4n) is 2.15. The smallest absolute Gasteiger partial charge is 0.233 e. The Morgan fingerprint density at radius 2 is 1.95 bits per heavy atom. The zero-order valence-electron chi connectivity index (χ0n) is 10.8. The molecule has 4 nitrogen and oxygen atoms in total. The minimum atomic E-state index is -0.191. The summed E-state index contributed by atoms with van der Waals surface area (Å²) in [6, 6.07) is 5.30. The topological polar surface area (TPSA) is 57.6 Å². The molecule has 0 unspecified atom stereocenters. The van der Waals surface area contributed by atoms with Gasteiger partial charge in [-0.05, 0) is 37.1 Å². The number of amides is 2. The molecule has 1 N–H and O–H groups in total. The summed E-state index contributed by atoms with van der Waals surface area (Å²) in [5.41, 5.74) is 2.21. The number of aryl methyl sites for hydroxylation is 1. The molecule has 1 fully saturated rings. The molecule has 1 aliphatic heterocycles. The second kappa shape index (κ2) is 5.68. The highest BCUT2D eigenvalue weighted by Gasteiger charge is 2.28. The molecule has 0 radical (unpaired) electrons. The van der Waals surface area contributed by atoms with Crippen molar-refractivity contribution in [1.82, 2.24) is 0 Å². The van der Waals surface area contributed by atoms with Gasteiger partial charge in [0.25, 0.3) is 0 Å². The Kier molecular flexibility index (Phi) is 3.98. The lowest BCUT2D eigenvalue weighted by molar-refractivity contribution is -0.129. The first-order valence-electron chi connectivity index (χ1n) is 6.19. The molecule has 0 saturated carbocycles. The molecule has 1 aromatic rings. The van der Waals surface area contributed by atoms with Crippen LogP contribution in [0.1, 0.15) is 30.4 Å². The van der Waals surface area contributed by atoms with Crippen LogP contribution in [0.3, 0.4) is 0 Å². The Balaban J connectivity index is 2.35. The van der Waals surface area contributed by atoms with Gasteiger partial charge in [-0.2, -0.15) is 0 Å². The monoisotopic (exact) mass is 257 g/mol. The van der Waals surface area contributed by atoms with E-state index < -0.39 is 0 Å². The Morgan fingerprint density at radius 1 is 1.26 bits per heavy atom. The number of anilines is 1. The van der Waals surface area contributed by atoms with E-state index in [2.05, 4.69) is 11.8 Å². The zero-order chi connectivity index (χ0) is 13.8. The van der Waals surface area contributed by atoms with E-state index in [1.54, 1.807) is 12.1 Å². The van der Waals surface area contributed by atoms with Gasteiger partial charge in [-0.3, -0.25) is 14.5 Å². The molecule has 0 atom stereocenters. The van der Waals surface area contributed by atoms with Gasteiger partial charge in [-0.25, -0.2) is 0 Å². The Morgan fingerprint density at radius 3 is 2.53 bits per heavy atom. The maximum atomic E-state index is 11.9. The van der Waals surface area contributed by atoms with Crippen LogP contribution in [0.4, 0.5) is 5.69 Å². The molecular weight excluding hydrogens is 242 g/mol. The minimum Gasteiger partial charge on any atom is -0.384 e. The van der Waals surface area contributed by atoms with Crippen molar-refractivity contribution in [2.75, 3.05) is 11.5 Å². The predicted octanol–water partition coefficient (Wildman–Crippen LogP) is 1.38. The van der Waals surface area contributed by atoms with Crippen molar-refractivity contribution in [1.29, 1.82) is 0 Å². The number of imide groups is 1. The first kappa shape index (κ1) is 13.3. The van der Waals surface area contributed by atoms with E-state index in [-0.39, 0.29) is 18.4 Å². The second-order valence-electron chi connectivity index (χ2n) is 4.44. The van der Waals surface area contributed by atoms with Crippen molar-refractivity contribution in [3.63, 3.8) is 0 Å². The molecule has 98 valence electrons. The molecule has 4 heteroatoms. The molecule has 1 aliphatic rings. The van der Waals surface area contributed by atoms with Crippen LogP contribution < -0.4 is 4.90 Å². The third-order valence-electron chi connectivity index (χ3n) is 3.03. The van der Waals surface area contributed by atoms with Crippen LogP contribution >= 0.6 is 0 Å². The van der Waals surface area contributed by atoms with Crippen molar-refractivity contribution < 1.29 is 14.7 Å². The van der Waals surface area contributed by atoms with Crippen molar-refractivity contribution in [2.45, 2.75) is 26.2 Å². The van der Waals surface area contributed by atoms with Crippen molar-refractivity contribution in [3.8, 4) is 11.8 Å². The number of rotatable bonds is 1. The fourth-order valence-corrected chi connectivity index (χ4v) is 2.15. The second-order valence-corrected chi connectivity index (χ2v) is 4.44. The van der Waals surface area contributed by atoms with Gasteiger partial charge < -0.3 is 5.11 Å². The lowest BCUT2D eigenvalue weighted by Gasteiger charge is -2.26.